The topological polar surface area (TPSA) is 71.8 Å². The number of aromatic amines is 1. The zero-order valence-corrected chi connectivity index (χ0v) is 11.3. The SMILES string of the molecule is Nc1ccc2c(Cc3ccc(Cl)cc3)n[nH]c(=O)c2c1. The molecule has 0 aliphatic carbocycles. The van der Waals surface area contributed by atoms with E-state index in [0.717, 1.165) is 16.6 Å². The second-order valence-electron chi connectivity index (χ2n) is 4.61. The Morgan fingerprint density at radius 2 is 1.85 bits per heavy atom. The van der Waals surface area contributed by atoms with Gasteiger partial charge in [0.2, 0.25) is 0 Å². The van der Waals surface area contributed by atoms with Crippen LogP contribution in [0.1, 0.15) is 11.3 Å². The van der Waals surface area contributed by atoms with Gasteiger partial charge in [-0.1, -0.05) is 29.8 Å². The number of H-pyrrole nitrogens is 1. The fourth-order valence-electron chi connectivity index (χ4n) is 2.17. The number of rotatable bonds is 2. The van der Waals surface area contributed by atoms with Crippen molar-refractivity contribution in [2.45, 2.75) is 6.42 Å². The molecule has 0 saturated carbocycles. The normalized spacial score (nSPS) is 10.8. The predicted octanol–water partition coefficient (Wildman–Crippen LogP) is 2.75. The van der Waals surface area contributed by atoms with E-state index in [4.69, 9.17) is 17.3 Å². The lowest BCUT2D eigenvalue weighted by atomic mass is 10.0. The number of nitrogens with two attached hydrogens (primary N) is 1. The maximum absolute atomic E-state index is 11.8. The van der Waals surface area contributed by atoms with Crippen LogP contribution in [0.5, 0.6) is 0 Å². The summed E-state index contributed by atoms with van der Waals surface area (Å²) in [6.07, 6.45) is 0.619. The zero-order chi connectivity index (χ0) is 14.1. The molecule has 1 aromatic heterocycles. The first-order valence-electron chi connectivity index (χ1n) is 6.15. The number of benzene rings is 2. The number of fused-ring (bicyclic) bond motifs is 1. The molecule has 0 atom stereocenters. The minimum atomic E-state index is -0.229. The van der Waals surface area contributed by atoms with Crippen LogP contribution in [0.4, 0.5) is 5.69 Å². The molecule has 0 unspecified atom stereocenters. The highest BCUT2D eigenvalue weighted by molar-refractivity contribution is 6.30. The Balaban J connectivity index is 2.10. The number of hydrogen-bond donors (Lipinski definition) is 2. The van der Waals surface area contributed by atoms with Gasteiger partial charge in [-0.15, -0.1) is 0 Å². The molecule has 0 amide bonds. The summed E-state index contributed by atoms with van der Waals surface area (Å²) in [5, 5.41) is 8.73. The van der Waals surface area contributed by atoms with Crippen LogP contribution in [0.25, 0.3) is 10.8 Å². The summed E-state index contributed by atoms with van der Waals surface area (Å²) >= 11 is 5.87. The fourth-order valence-corrected chi connectivity index (χ4v) is 2.30. The van der Waals surface area contributed by atoms with Crippen molar-refractivity contribution in [2.75, 3.05) is 5.73 Å². The molecule has 3 N–H and O–H groups in total. The second kappa shape index (κ2) is 4.98. The van der Waals surface area contributed by atoms with Crippen LogP contribution in [0.3, 0.4) is 0 Å². The van der Waals surface area contributed by atoms with Gasteiger partial charge in [0.25, 0.3) is 5.56 Å². The van der Waals surface area contributed by atoms with Crippen molar-refractivity contribution in [3.8, 4) is 0 Å². The van der Waals surface area contributed by atoms with Gasteiger partial charge < -0.3 is 5.73 Å². The van der Waals surface area contributed by atoms with Crippen molar-refractivity contribution >= 4 is 28.1 Å². The van der Waals surface area contributed by atoms with Crippen molar-refractivity contribution < 1.29 is 0 Å². The smallest absolute Gasteiger partial charge is 0.272 e. The van der Waals surface area contributed by atoms with Crippen LogP contribution < -0.4 is 11.3 Å². The summed E-state index contributed by atoms with van der Waals surface area (Å²) in [5.41, 5.74) is 7.94. The van der Waals surface area contributed by atoms with Gasteiger partial charge in [-0.05, 0) is 29.8 Å². The Morgan fingerprint density at radius 3 is 2.60 bits per heavy atom. The molecule has 0 saturated heterocycles. The van der Waals surface area contributed by atoms with Crippen LogP contribution in [0.2, 0.25) is 5.02 Å². The number of hydrogen-bond acceptors (Lipinski definition) is 3. The van der Waals surface area contributed by atoms with E-state index in [9.17, 15) is 4.79 Å². The van der Waals surface area contributed by atoms with Gasteiger partial charge in [-0.3, -0.25) is 4.79 Å². The largest absolute Gasteiger partial charge is 0.399 e. The lowest BCUT2D eigenvalue weighted by Gasteiger charge is -2.06. The molecule has 20 heavy (non-hydrogen) atoms. The van der Waals surface area contributed by atoms with Gasteiger partial charge in [0.15, 0.2) is 0 Å². The maximum Gasteiger partial charge on any atom is 0.272 e. The minimum Gasteiger partial charge on any atom is -0.399 e. The number of nitrogen functional groups attached to an aromatic ring is 1. The first kappa shape index (κ1) is 12.7. The number of nitrogens with one attached hydrogen (secondary N) is 1. The molecule has 5 heteroatoms. The van der Waals surface area contributed by atoms with Crippen LogP contribution in [-0.2, 0) is 6.42 Å². The Labute approximate surface area is 120 Å². The average Bonchev–Trinajstić information content (AvgIpc) is 2.44. The van der Waals surface area contributed by atoms with Crippen molar-refractivity contribution in [3.63, 3.8) is 0 Å². The molecular weight excluding hydrogens is 274 g/mol. The van der Waals surface area contributed by atoms with E-state index in [1.165, 1.54) is 0 Å². The molecule has 4 nitrogen and oxygen atoms in total. The van der Waals surface area contributed by atoms with Crippen molar-refractivity contribution in [2.24, 2.45) is 0 Å². The standard InChI is InChI=1S/C15H12ClN3O/c16-10-3-1-9(2-4-10)7-14-12-6-5-11(17)8-13(12)15(20)19-18-14/h1-6,8H,7,17H2,(H,19,20). The third kappa shape index (κ3) is 2.38. The lowest BCUT2D eigenvalue weighted by Crippen LogP contribution is -2.11. The van der Waals surface area contributed by atoms with Gasteiger partial charge in [0, 0.05) is 22.5 Å². The third-order valence-electron chi connectivity index (χ3n) is 3.18. The molecule has 0 bridgehead atoms. The molecular formula is C15H12ClN3O. The van der Waals surface area contributed by atoms with Crippen molar-refractivity contribution in [1.29, 1.82) is 0 Å². The maximum atomic E-state index is 11.8. The summed E-state index contributed by atoms with van der Waals surface area (Å²) in [7, 11) is 0. The lowest BCUT2D eigenvalue weighted by molar-refractivity contribution is 0.934. The second-order valence-corrected chi connectivity index (χ2v) is 5.04. The Hall–Kier alpha value is -2.33. The number of nitrogens with zero attached hydrogens (tertiary/aromatic N) is 1. The van der Waals surface area contributed by atoms with E-state index >= 15 is 0 Å². The summed E-state index contributed by atoms with van der Waals surface area (Å²) in [4.78, 5) is 11.8. The first-order chi connectivity index (χ1) is 9.63. The number of halogens is 1. The summed E-state index contributed by atoms with van der Waals surface area (Å²) in [5.74, 6) is 0. The molecule has 0 aliphatic rings. The number of aromatic nitrogens is 2. The van der Waals surface area contributed by atoms with Gasteiger partial charge in [0.05, 0.1) is 11.1 Å². The molecule has 0 fully saturated rings. The minimum absolute atomic E-state index is 0.229. The van der Waals surface area contributed by atoms with Gasteiger partial charge >= 0.3 is 0 Å². The van der Waals surface area contributed by atoms with Crippen molar-refractivity contribution in [3.05, 3.63) is 69.1 Å². The van der Waals surface area contributed by atoms with Crippen LogP contribution in [0.15, 0.2) is 47.3 Å². The quantitative estimate of drug-likeness (QED) is 0.711. The van der Waals surface area contributed by atoms with E-state index in [2.05, 4.69) is 10.2 Å². The molecule has 1 heterocycles. The first-order valence-corrected chi connectivity index (χ1v) is 6.52. The monoisotopic (exact) mass is 285 g/mol. The van der Waals surface area contributed by atoms with E-state index in [-0.39, 0.29) is 5.56 Å². The Morgan fingerprint density at radius 1 is 1.10 bits per heavy atom. The van der Waals surface area contributed by atoms with Gasteiger partial charge in [-0.25, -0.2) is 5.10 Å². The summed E-state index contributed by atoms with van der Waals surface area (Å²) < 4.78 is 0. The van der Waals surface area contributed by atoms with E-state index in [1.807, 2.05) is 30.3 Å². The summed E-state index contributed by atoms with van der Waals surface area (Å²) in [6.45, 7) is 0. The number of anilines is 1. The molecule has 0 spiro atoms. The van der Waals surface area contributed by atoms with E-state index < -0.39 is 0 Å². The molecule has 0 aliphatic heterocycles. The highest BCUT2D eigenvalue weighted by Crippen LogP contribution is 2.19. The van der Waals surface area contributed by atoms with Crippen LogP contribution in [-0.4, -0.2) is 10.2 Å². The van der Waals surface area contributed by atoms with Gasteiger partial charge in [0.1, 0.15) is 0 Å². The molecule has 100 valence electrons. The molecule has 0 radical (unpaired) electrons. The zero-order valence-electron chi connectivity index (χ0n) is 10.6. The third-order valence-corrected chi connectivity index (χ3v) is 3.43. The van der Waals surface area contributed by atoms with E-state index in [0.29, 0.717) is 22.5 Å². The fraction of sp³-hybridized carbons (Fsp3) is 0.0667. The Bertz CT molecular complexity index is 825. The highest BCUT2D eigenvalue weighted by Gasteiger charge is 2.07. The Kier molecular flexibility index (Phi) is 3.16. The predicted molar refractivity (Wildman–Crippen MR) is 81.0 cm³/mol. The molecule has 3 aromatic rings. The van der Waals surface area contributed by atoms with Crippen LogP contribution in [0, 0.1) is 0 Å². The van der Waals surface area contributed by atoms with Crippen LogP contribution >= 0.6 is 11.6 Å². The summed E-state index contributed by atoms with van der Waals surface area (Å²) in [6, 6.07) is 12.8. The molecule has 3 rings (SSSR count). The van der Waals surface area contributed by atoms with Gasteiger partial charge in [-0.2, -0.15) is 5.10 Å². The van der Waals surface area contributed by atoms with E-state index in [1.54, 1.807) is 12.1 Å². The molecule has 2 aromatic carbocycles. The highest BCUT2D eigenvalue weighted by atomic mass is 35.5. The average molecular weight is 286 g/mol. The van der Waals surface area contributed by atoms with Crippen molar-refractivity contribution in [1.82, 2.24) is 10.2 Å².